The normalized spacial score (nSPS) is 11.1. The second-order valence-corrected chi connectivity index (χ2v) is 8.44. The molecule has 0 spiro atoms. The molecule has 33 heavy (non-hydrogen) atoms. The fourth-order valence-corrected chi connectivity index (χ4v) is 4.03. The van der Waals surface area contributed by atoms with Gasteiger partial charge in [-0.25, -0.2) is 8.42 Å². The van der Waals surface area contributed by atoms with Crippen molar-refractivity contribution < 1.29 is 27.4 Å². The van der Waals surface area contributed by atoms with Crippen LogP contribution in [0.2, 0.25) is 0 Å². The number of hydrogen-bond donors (Lipinski definition) is 2. The summed E-state index contributed by atoms with van der Waals surface area (Å²) in [5, 5.41) is 2.69. The second-order valence-electron chi connectivity index (χ2n) is 6.76. The van der Waals surface area contributed by atoms with Crippen molar-refractivity contribution in [2.75, 3.05) is 31.4 Å². The van der Waals surface area contributed by atoms with Crippen LogP contribution in [-0.2, 0) is 14.8 Å². The van der Waals surface area contributed by atoms with E-state index in [1.54, 1.807) is 37.5 Å². The highest BCUT2D eigenvalue weighted by atomic mass is 32.2. The number of methoxy groups -OCH3 is 3. The molecule has 172 valence electrons. The van der Waals surface area contributed by atoms with Crippen LogP contribution in [0.25, 0.3) is 6.08 Å². The Labute approximate surface area is 192 Å². The summed E-state index contributed by atoms with van der Waals surface area (Å²) in [5.74, 6) is 1.15. The molecule has 9 heteroatoms. The molecule has 0 aromatic heterocycles. The van der Waals surface area contributed by atoms with E-state index in [4.69, 9.17) is 14.2 Å². The number of benzene rings is 3. The number of amides is 1. The molecular formula is C24H24N2O6S. The van der Waals surface area contributed by atoms with Crippen LogP contribution in [0.5, 0.6) is 17.2 Å². The Morgan fingerprint density at radius 2 is 1.55 bits per heavy atom. The predicted molar refractivity (Wildman–Crippen MR) is 127 cm³/mol. The standard InChI is InChI=1S/C24H24N2O6S/c1-30-19-11-14-21(23(16-19)32-3)26-33(28,29)20-12-9-18(10-13-20)25-24(27)15-8-17-6-4-5-7-22(17)31-2/h4-16,26H,1-3H3,(H,25,27)/b15-8+. The van der Waals surface area contributed by atoms with Gasteiger partial charge in [0.2, 0.25) is 5.91 Å². The summed E-state index contributed by atoms with van der Waals surface area (Å²) in [4.78, 5) is 12.3. The molecule has 3 rings (SSSR count). The lowest BCUT2D eigenvalue weighted by molar-refractivity contribution is -0.111. The molecule has 3 aromatic carbocycles. The van der Waals surface area contributed by atoms with Crippen LogP contribution in [0.4, 0.5) is 11.4 Å². The second kappa shape index (κ2) is 10.6. The van der Waals surface area contributed by atoms with Crippen LogP contribution >= 0.6 is 0 Å². The SMILES string of the molecule is COc1ccc(NS(=O)(=O)c2ccc(NC(=O)/C=C/c3ccccc3OC)cc2)c(OC)c1. The third-order valence-electron chi connectivity index (χ3n) is 4.64. The zero-order chi connectivity index (χ0) is 23.8. The van der Waals surface area contributed by atoms with Crippen LogP contribution in [0.1, 0.15) is 5.56 Å². The number of hydrogen-bond acceptors (Lipinski definition) is 6. The zero-order valence-electron chi connectivity index (χ0n) is 18.4. The van der Waals surface area contributed by atoms with E-state index >= 15 is 0 Å². The first-order chi connectivity index (χ1) is 15.9. The van der Waals surface area contributed by atoms with Gasteiger partial charge in [0.1, 0.15) is 17.2 Å². The third kappa shape index (κ3) is 6.05. The Bertz CT molecular complexity index is 1250. The van der Waals surface area contributed by atoms with Crippen molar-refractivity contribution in [3.63, 3.8) is 0 Å². The van der Waals surface area contributed by atoms with E-state index < -0.39 is 10.0 Å². The van der Waals surface area contributed by atoms with Crippen LogP contribution in [0.15, 0.2) is 77.7 Å². The minimum atomic E-state index is -3.88. The van der Waals surface area contributed by atoms with Gasteiger partial charge in [-0.15, -0.1) is 0 Å². The Morgan fingerprint density at radius 1 is 0.848 bits per heavy atom. The van der Waals surface area contributed by atoms with Crippen LogP contribution in [-0.4, -0.2) is 35.7 Å². The molecule has 0 radical (unpaired) electrons. The lowest BCUT2D eigenvalue weighted by atomic mass is 10.2. The van der Waals surface area contributed by atoms with Crippen LogP contribution in [0, 0.1) is 0 Å². The number of carbonyl (C=O) groups excluding carboxylic acids is 1. The summed E-state index contributed by atoms with van der Waals surface area (Å²) >= 11 is 0. The largest absolute Gasteiger partial charge is 0.497 e. The van der Waals surface area contributed by atoms with Gasteiger partial charge in [-0.1, -0.05) is 18.2 Å². The average Bonchev–Trinajstić information content (AvgIpc) is 2.83. The Kier molecular flexibility index (Phi) is 7.57. The number of anilines is 2. The molecule has 0 aliphatic heterocycles. The maximum atomic E-state index is 12.8. The minimum absolute atomic E-state index is 0.0305. The molecule has 0 fully saturated rings. The summed E-state index contributed by atoms with van der Waals surface area (Å²) in [7, 11) is 0.625. The molecule has 0 atom stereocenters. The van der Waals surface area contributed by atoms with Gasteiger partial charge in [0, 0.05) is 23.4 Å². The number of ether oxygens (including phenoxy) is 3. The van der Waals surface area contributed by atoms with Crippen molar-refractivity contribution in [2.24, 2.45) is 0 Å². The molecule has 0 bridgehead atoms. The monoisotopic (exact) mass is 468 g/mol. The fraction of sp³-hybridized carbons (Fsp3) is 0.125. The van der Waals surface area contributed by atoms with Gasteiger partial charge in [-0.3, -0.25) is 9.52 Å². The number of rotatable bonds is 9. The third-order valence-corrected chi connectivity index (χ3v) is 6.02. The summed E-state index contributed by atoms with van der Waals surface area (Å²) in [6.07, 6.45) is 3.01. The minimum Gasteiger partial charge on any atom is -0.497 e. The molecule has 0 saturated heterocycles. The molecule has 0 heterocycles. The van der Waals surface area contributed by atoms with E-state index in [0.717, 1.165) is 5.56 Å². The van der Waals surface area contributed by atoms with Crippen molar-refractivity contribution in [1.29, 1.82) is 0 Å². The number of para-hydroxylation sites is 1. The Balaban J connectivity index is 1.69. The molecular weight excluding hydrogens is 444 g/mol. The van der Waals surface area contributed by atoms with E-state index in [1.807, 2.05) is 18.2 Å². The predicted octanol–water partition coefficient (Wildman–Crippen LogP) is 4.17. The summed E-state index contributed by atoms with van der Waals surface area (Å²) < 4.78 is 43.6. The van der Waals surface area contributed by atoms with Crippen molar-refractivity contribution >= 4 is 33.4 Å². The topological polar surface area (TPSA) is 103 Å². The maximum Gasteiger partial charge on any atom is 0.262 e. The molecule has 3 aromatic rings. The highest BCUT2D eigenvalue weighted by molar-refractivity contribution is 7.92. The van der Waals surface area contributed by atoms with Gasteiger partial charge in [-0.05, 0) is 48.5 Å². The van der Waals surface area contributed by atoms with Crippen molar-refractivity contribution in [3.05, 3.63) is 78.4 Å². The lowest BCUT2D eigenvalue weighted by Crippen LogP contribution is -2.14. The van der Waals surface area contributed by atoms with E-state index in [9.17, 15) is 13.2 Å². The molecule has 0 saturated carbocycles. The number of nitrogens with one attached hydrogen (secondary N) is 2. The van der Waals surface area contributed by atoms with Gasteiger partial charge >= 0.3 is 0 Å². The highest BCUT2D eigenvalue weighted by Gasteiger charge is 2.17. The maximum absolute atomic E-state index is 12.8. The average molecular weight is 469 g/mol. The van der Waals surface area contributed by atoms with E-state index in [0.29, 0.717) is 22.9 Å². The van der Waals surface area contributed by atoms with E-state index in [1.165, 1.54) is 44.6 Å². The first kappa shape index (κ1) is 23.7. The van der Waals surface area contributed by atoms with E-state index in [-0.39, 0.29) is 16.5 Å². The number of sulfonamides is 1. The van der Waals surface area contributed by atoms with Gasteiger partial charge < -0.3 is 19.5 Å². The smallest absolute Gasteiger partial charge is 0.262 e. The Morgan fingerprint density at radius 3 is 2.21 bits per heavy atom. The van der Waals surface area contributed by atoms with Crippen molar-refractivity contribution in [2.45, 2.75) is 4.90 Å². The lowest BCUT2D eigenvalue weighted by Gasteiger charge is -2.13. The molecule has 2 N–H and O–H groups in total. The molecule has 0 aliphatic carbocycles. The molecule has 0 aliphatic rings. The Hall–Kier alpha value is -3.98. The summed E-state index contributed by atoms with van der Waals surface area (Å²) in [6.45, 7) is 0. The summed E-state index contributed by atoms with van der Waals surface area (Å²) in [5.41, 5.74) is 1.49. The van der Waals surface area contributed by atoms with Gasteiger partial charge in [0.05, 0.1) is 31.9 Å². The molecule has 0 unspecified atom stereocenters. The van der Waals surface area contributed by atoms with Gasteiger partial charge in [0.15, 0.2) is 0 Å². The van der Waals surface area contributed by atoms with Gasteiger partial charge in [-0.2, -0.15) is 0 Å². The first-order valence-corrected chi connectivity index (χ1v) is 11.3. The highest BCUT2D eigenvalue weighted by Crippen LogP contribution is 2.31. The van der Waals surface area contributed by atoms with Crippen LogP contribution < -0.4 is 24.2 Å². The first-order valence-electron chi connectivity index (χ1n) is 9.83. The molecule has 1 amide bonds. The number of carbonyl (C=O) groups is 1. The van der Waals surface area contributed by atoms with Crippen molar-refractivity contribution in [1.82, 2.24) is 0 Å². The molecule has 8 nitrogen and oxygen atoms in total. The fourth-order valence-electron chi connectivity index (χ4n) is 2.96. The summed E-state index contributed by atoms with van der Waals surface area (Å²) in [6, 6.07) is 17.9. The quantitative estimate of drug-likeness (QED) is 0.457. The van der Waals surface area contributed by atoms with Crippen LogP contribution in [0.3, 0.4) is 0 Å². The van der Waals surface area contributed by atoms with E-state index in [2.05, 4.69) is 10.0 Å². The van der Waals surface area contributed by atoms with Gasteiger partial charge in [0.25, 0.3) is 10.0 Å². The zero-order valence-corrected chi connectivity index (χ0v) is 19.2. The van der Waals surface area contributed by atoms with Crippen molar-refractivity contribution in [3.8, 4) is 17.2 Å².